The van der Waals surface area contributed by atoms with Crippen molar-refractivity contribution in [2.45, 2.75) is 303 Å². The lowest BCUT2D eigenvalue weighted by molar-refractivity contribution is -0.161. The normalized spacial score (nSPS) is 14.9. The van der Waals surface area contributed by atoms with Crippen LogP contribution in [0.1, 0.15) is 285 Å². The number of allylic oxidation sites excluding steroid dienone is 36. The molecule has 0 saturated carbocycles. The van der Waals surface area contributed by atoms with Crippen molar-refractivity contribution in [3.05, 3.63) is 219 Å². The van der Waals surface area contributed by atoms with Crippen LogP contribution in [-0.2, 0) is 65.4 Å². The predicted molar refractivity (Wildman–Crippen MR) is 463 cm³/mol. The third kappa shape index (κ3) is 81.4. The van der Waals surface area contributed by atoms with Crippen LogP contribution >= 0.6 is 15.6 Å². The van der Waals surface area contributed by atoms with Gasteiger partial charge in [-0.25, -0.2) is 9.13 Å². The molecule has 19 heteroatoms. The summed E-state index contributed by atoms with van der Waals surface area (Å²) < 4.78 is 68.5. The van der Waals surface area contributed by atoms with Gasteiger partial charge in [0, 0.05) is 25.7 Å². The second-order valence-corrected chi connectivity index (χ2v) is 29.8. The lowest BCUT2D eigenvalue weighted by Gasteiger charge is -2.21. The molecular weight excluding hydrogens is 1450 g/mol. The van der Waals surface area contributed by atoms with Gasteiger partial charge in [0.1, 0.15) is 19.3 Å². The van der Waals surface area contributed by atoms with Crippen molar-refractivity contribution in [2.24, 2.45) is 0 Å². The van der Waals surface area contributed by atoms with Crippen LogP contribution in [0.25, 0.3) is 0 Å². The first-order chi connectivity index (χ1) is 54.7. The van der Waals surface area contributed by atoms with Crippen molar-refractivity contribution < 1.29 is 80.2 Å². The molecule has 0 aromatic carbocycles. The Morgan fingerprint density at radius 2 is 0.464 bits per heavy atom. The van der Waals surface area contributed by atoms with Gasteiger partial charge in [0.05, 0.1) is 26.4 Å². The van der Waals surface area contributed by atoms with Gasteiger partial charge in [0.25, 0.3) is 0 Å². The third-order valence-electron chi connectivity index (χ3n) is 16.5. The number of aliphatic hydroxyl groups excluding tert-OH is 1. The lowest BCUT2D eigenvalue weighted by Crippen LogP contribution is -2.30. The van der Waals surface area contributed by atoms with E-state index in [0.717, 1.165) is 122 Å². The van der Waals surface area contributed by atoms with E-state index in [1.165, 1.54) is 64.2 Å². The van der Waals surface area contributed by atoms with Gasteiger partial charge in [-0.1, -0.05) is 336 Å². The van der Waals surface area contributed by atoms with Gasteiger partial charge >= 0.3 is 39.5 Å². The van der Waals surface area contributed by atoms with Crippen LogP contribution in [-0.4, -0.2) is 96.7 Å². The quantitative estimate of drug-likeness (QED) is 0.0169. The zero-order valence-electron chi connectivity index (χ0n) is 69.0. The highest BCUT2D eigenvalue weighted by Gasteiger charge is 2.30. The Kier molecular flexibility index (Phi) is 77.5. The maximum atomic E-state index is 13.1. The monoisotopic (exact) mass is 1600 g/mol. The Hall–Kier alpha value is -6.62. The minimum absolute atomic E-state index is 0.00908. The summed E-state index contributed by atoms with van der Waals surface area (Å²) in [5.41, 5.74) is 0. The van der Waals surface area contributed by atoms with Crippen molar-refractivity contribution in [1.29, 1.82) is 0 Å². The van der Waals surface area contributed by atoms with Crippen LogP contribution < -0.4 is 0 Å². The molecule has 0 fully saturated rings. The highest BCUT2D eigenvalue weighted by molar-refractivity contribution is 7.47. The van der Waals surface area contributed by atoms with Crippen LogP contribution in [0, 0.1) is 0 Å². The van der Waals surface area contributed by atoms with E-state index in [2.05, 4.69) is 192 Å². The Morgan fingerprint density at radius 3 is 0.714 bits per heavy atom. The van der Waals surface area contributed by atoms with E-state index in [0.29, 0.717) is 44.9 Å². The number of hydrogen-bond donors (Lipinski definition) is 3. The number of phosphoric ester groups is 2. The first-order valence-electron chi connectivity index (χ1n) is 42.0. The van der Waals surface area contributed by atoms with Crippen LogP contribution in [0.15, 0.2) is 219 Å². The fraction of sp³-hybridized carbons (Fsp3) is 0.570. The van der Waals surface area contributed by atoms with Crippen LogP contribution in [0.4, 0.5) is 0 Å². The van der Waals surface area contributed by atoms with Gasteiger partial charge in [-0.3, -0.25) is 37.3 Å². The number of rotatable bonds is 76. The van der Waals surface area contributed by atoms with Gasteiger partial charge in [0.15, 0.2) is 12.2 Å². The SMILES string of the molecule is CC/C=C\C/C=C\C/C=C\C/C=C\C/C=C\C/C=C\CCC(=O)OC[C@H](COP(=O)(O)OC[C@@H](O)COP(=O)(O)OC[C@@H](COC(=O)CCCCCCCCCCCCCCCCC)OC(=O)CC/C=C\C/C=C\C/C=C\C/C=C\C/C=C\C/C=C\CC)OC(=O)CC/C=C\C/C=C\C/C=C\C/C=C\C/C=C\C/C=C\CC. The summed E-state index contributed by atoms with van der Waals surface area (Å²) in [4.78, 5) is 73.1. The van der Waals surface area contributed by atoms with Gasteiger partial charge in [-0.05, 0) is 141 Å². The fourth-order valence-electron chi connectivity index (χ4n) is 10.2. The Balaban J connectivity index is 5.61. The summed E-state index contributed by atoms with van der Waals surface area (Å²) >= 11 is 0. The van der Waals surface area contributed by atoms with Crippen molar-refractivity contribution >= 4 is 39.5 Å². The summed E-state index contributed by atoms with van der Waals surface area (Å²) in [7, 11) is -10.1. The van der Waals surface area contributed by atoms with Crippen molar-refractivity contribution in [2.75, 3.05) is 39.6 Å². The Morgan fingerprint density at radius 1 is 0.259 bits per heavy atom. The number of unbranched alkanes of at least 4 members (excludes halogenated alkanes) is 14. The molecule has 17 nitrogen and oxygen atoms in total. The van der Waals surface area contributed by atoms with Crippen molar-refractivity contribution in [3.8, 4) is 0 Å². The van der Waals surface area contributed by atoms with E-state index in [-0.39, 0.29) is 25.7 Å². The first kappa shape index (κ1) is 105. The number of hydrogen-bond acceptors (Lipinski definition) is 15. The maximum Gasteiger partial charge on any atom is 0.472 e. The molecule has 630 valence electrons. The molecule has 112 heavy (non-hydrogen) atoms. The number of phosphoric acid groups is 2. The molecule has 2 unspecified atom stereocenters. The molecule has 0 aromatic heterocycles. The number of esters is 4. The molecule has 0 bridgehead atoms. The zero-order chi connectivity index (χ0) is 81.7. The second kappa shape index (κ2) is 82.4. The standard InChI is InChI=1S/C93H146O17P2/c1-5-9-13-17-21-25-29-33-37-40-43-46-50-54-58-62-66-70-74-78-91(96)104-84-89(110-93(98)80-76-72-68-64-60-56-52-48-45-42-39-35-31-27-23-19-15-11-7-3)86-108-112(101,102)106-82-87(94)81-105-111(99,100)107-85-88(83-103-90(95)77-73-69-65-61-57-53-49-36-32-28-24-20-16-12-8-4)109-92(97)79-75-71-67-63-59-55-51-47-44-41-38-34-30-26-22-18-14-10-6-2/h9-11,13-15,21-23,25-27,33-35,37-39,43-48,54-56,58-60,66-68,70-72,87-89,94H,5-8,12,16-20,24,28-32,36,40-42,49-53,57,61-65,69,73-86H2,1-4H3,(H,99,100)(H,101,102)/b13-9-,14-10-,15-11-,25-21-,26-22-,27-23-,37-33-,38-34-,39-35-,46-43-,47-44-,48-45-,58-54-,59-55-,60-56-,70-66-,71-67-,72-68-/t87-,88+,89+/m0/s1. The van der Waals surface area contributed by atoms with E-state index in [1.54, 1.807) is 0 Å². The molecule has 0 aliphatic carbocycles. The molecule has 0 radical (unpaired) electrons. The highest BCUT2D eigenvalue weighted by Crippen LogP contribution is 2.45. The summed E-state index contributed by atoms with van der Waals surface area (Å²) in [6, 6.07) is 0. The molecule has 0 aliphatic rings. The number of carbonyl (C=O) groups excluding carboxylic acids is 4. The Bertz CT molecular complexity index is 2990. The molecule has 0 saturated heterocycles. The molecule has 0 rings (SSSR count). The minimum atomic E-state index is -5.04. The second-order valence-electron chi connectivity index (χ2n) is 26.9. The summed E-state index contributed by atoms with van der Waals surface area (Å²) in [6.45, 7) is 4.26. The topological polar surface area (TPSA) is 237 Å². The van der Waals surface area contributed by atoms with E-state index >= 15 is 0 Å². The molecular formula is C93H146O17P2. The molecule has 0 aliphatic heterocycles. The van der Waals surface area contributed by atoms with E-state index in [4.69, 9.17) is 37.0 Å². The van der Waals surface area contributed by atoms with Crippen LogP contribution in [0.2, 0.25) is 0 Å². The van der Waals surface area contributed by atoms with Gasteiger partial charge in [-0.2, -0.15) is 0 Å². The number of carbonyl (C=O) groups is 4. The largest absolute Gasteiger partial charge is 0.472 e. The first-order valence-corrected chi connectivity index (χ1v) is 45.0. The summed E-state index contributed by atoms with van der Waals surface area (Å²) in [6.07, 6.45) is 105. The minimum Gasteiger partial charge on any atom is -0.462 e. The maximum absolute atomic E-state index is 13.1. The molecule has 0 aromatic rings. The highest BCUT2D eigenvalue weighted by atomic mass is 31.2. The lowest BCUT2D eigenvalue weighted by atomic mass is 10.0. The molecule has 0 spiro atoms. The molecule has 0 amide bonds. The average molecular weight is 1600 g/mol. The predicted octanol–water partition coefficient (Wildman–Crippen LogP) is 25.2. The number of ether oxygens (including phenoxy) is 4. The van der Waals surface area contributed by atoms with Gasteiger partial charge in [-0.15, -0.1) is 0 Å². The van der Waals surface area contributed by atoms with E-state index in [9.17, 15) is 43.2 Å². The van der Waals surface area contributed by atoms with Crippen LogP contribution in [0.3, 0.4) is 0 Å². The molecule has 5 atom stereocenters. The van der Waals surface area contributed by atoms with Crippen molar-refractivity contribution in [1.82, 2.24) is 0 Å². The summed E-state index contributed by atoms with van der Waals surface area (Å²) in [5.74, 6) is -2.49. The number of aliphatic hydroxyl groups is 1. The fourth-order valence-corrected chi connectivity index (χ4v) is 11.8. The average Bonchev–Trinajstić information content (AvgIpc) is 0.908. The Labute approximate surface area is 677 Å². The van der Waals surface area contributed by atoms with Crippen LogP contribution in [0.5, 0.6) is 0 Å². The van der Waals surface area contributed by atoms with Crippen molar-refractivity contribution in [3.63, 3.8) is 0 Å². The van der Waals surface area contributed by atoms with Gasteiger partial charge < -0.3 is 33.8 Å². The smallest absolute Gasteiger partial charge is 0.462 e. The van der Waals surface area contributed by atoms with Gasteiger partial charge in [0.2, 0.25) is 0 Å². The third-order valence-corrected chi connectivity index (χ3v) is 18.4. The zero-order valence-corrected chi connectivity index (χ0v) is 70.8. The van der Waals surface area contributed by atoms with E-state index < -0.39 is 97.5 Å². The van der Waals surface area contributed by atoms with E-state index in [1.807, 2.05) is 54.7 Å². The molecule has 0 heterocycles. The molecule has 3 N–H and O–H groups in total. The summed E-state index contributed by atoms with van der Waals surface area (Å²) in [5, 5.41) is 10.7.